The number of anilines is 1. The van der Waals surface area contributed by atoms with Crippen molar-refractivity contribution in [1.29, 1.82) is 0 Å². The number of nitro groups is 1. The Balaban J connectivity index is 2.14. The van der Waals surface area contributed by atoms with Crippen LogP contribution in [0.3, 0.4) is 0 Å². The fraction of sp³-hybridized carbons (Fsp3) is 0. The van der Waals surface area contributed by atoms with Crippen molar-refractivity contribution in [3.63, 3.8) is 0 Å². The van der Waals surface area contributed by atoms with Crippen LogP contribution >= 0.6 is 0 Å². The Hall–Kier alpha value is -2.44. The topological polar surface area (TPSA) is 85.9 Å². The van der Waals surface area contributed by atoms with Crippen molar-refractivity contribution >= 4 is 11.4 Å². The van der Waals surface area contributed by atoms with Crippen molar-refractivity contribution in [2.45, 2.75) is 0 Å². The van der Waals surface area contributed by atoms with Gasteiger partial charge in [-0.05, 0) is 12.1 Å². The van der Waals surface area contributed by atoms with E-state index >= 15 is 0 Å². The van der Waals surface area contributed by atoms with Gasteiger partial charge in [0.25, 0.3) is 5.69 Å². The zero-order chi connectivity index (χ0) is 10.7. The highest BCUT2D eigenvalue weighted by Crippen LogP contribution is 2.14. The first kappa shape index (κ1) is 9.13. The molecule has 2 aromatic rings. The van der Waals surface area contributed by atoms with Gasteiger partial charge in [-0.25, -0.2) is 4.98 Å². The molecule has 7 heteroatoms. The maximum Gasteiger partial charge on any atom is 0.269 e. The number of aromatic nitrogens is 3. The van der Waals surface area contributed by atoms with Crippen molar-refractivity contribution in [1.82, 2.24) is 14.9 Å². The van der Waals surface area contributed by atoms with E-state index < -0.39 is 4.92 Å². The lowest BCUT2D eigenvalue weighted by atomic mass is 10.3. The van der Waals surface area contributed by atoms with E-state index in [1.165, 1.54) is 29.6 Å². The van der Waals surface area contributed by atoms with E-state index in [-0.39, 0.29) is 5.69 Å². The molecule has 2 rings (SSSR count). The molecule has 1 aromatic heterocycles. The smallest absolute Gasteiger partial charge is 0.269 e. The van der Waals surface area contributed by atoms with Crippen LogP contribution in [0.4, 0.5) is 11.4 Å². The maximum atomic E-state index is 10.4. The normalized spacial score (nSPS) is 9.87. The molecular weight excluding hydrogens is 198 g/mol. The first-order valence-corrected chi connectivity index (χ1v) is 4.12. The van der Waals surface area contributed by atoms with Crippen LogP contribution in [-0.2, 0) is 0 Å². The summed E-state index contributed by atoms with van der Waals surface area (Å²) in [4.78, 5) is 15.1. The second-order valence-corrected chi connectivity index (χ2v) is 2.76. The van der Waals surface area contributed by atoms with Crippen molar-refractivity contribution in [3.05, 3.63) is 47.0 Å². The van der Waals surface area contributed by atoms with Gasteiger partial charge in [0.05, 0.1) is 10.6 Å². The Morgan fingerprint density at radius 2 is 2.07 bits per heavy atom. The summed E-state index contributed by atoms with van der Waals surface area (Å²) in [6.07, 6.45) is 2.87. The van der Waals surface area contributed by atoms with Gasteiger partial charge in [0.2, 0.25) is 0 Å². The Morgan fingerprint density at radius 3 is 2.60 bits per heavy atom. The minimum Gasteiger partial charge on any atom is -0.277 e. The number of non-ortho nitro benzene ring substituents is 1. The van der Waals surface area contributed by atoms with Gasteiger partial charge in [0.1, 0.15) is 12.7 Å². The maximum absolute atomic E-state index is 10.4. The van der Waals surface area contributed by atoms with Crippen LogP contribution in [0.25, 0.3) is 0 Å². The number of nitro benzene ring substituents is 1. The first-order chi connectivity index (χ1) is 7.25. The number of hydrogen-bond donors (Lipinski definition) is 1. The largest absolute Gasteiger partial charge is 0.277 e. The van der Waals surface area contributed by atoms with Crippen LogP contribution in [0.5, 0.6) is 0 Å². The summed E-state index contributed by atoms with van der Waals surface area (Å²) in [6, 6.07) is 6.03. The van der Waals surface area contributed by atoms with E-state index in [0.29, 0.717) is 5.69 Å². The fourth-order valence-corrected chi connectivity index (χ4v) is 1.06. The summed E-state index contributed by atoms with van der Waals surface area (Å²) in [5, 5.41) is 14.2. The van der Waals surface area contributed by atoms with E-state index in [4.69, 9.17) is 0 Å². The second-order valence-electron chi connectivity index (χ2n) is 2.76. The summed E-state index contributed by atoms with van der Waals surface area (Å²) in [5.41, 5.74) is 3.63. The highest BCUT2D eigenvalue weighted by atomic mass is 16.6. The lowest BCUT2D eigenvalue weighted by Crippen LogP contribution is -2.08. The van der Waals surface area contributed by atoms with Crippen LogP contribution in [-0.4, -0.2) is 19.8 Å². The molecule has 1 N–H and O–H groups in total. The van der Waals surface area contributed by atoms with E-state index in [1.807, 2.05) is 0 Å². The molecule has 0 radical (unpaired) electrons. The van der Waals surface area contributed by atoms with E-state index in [1.54, 1.807) is 12.1 Å². The van der Waals surface area contributed by atoms with Crippen LogP contribution in [0.15, 0.2) is 36.9 Å². The molecule has 15 heavy (non-hydrogen) atoms. The van der Waals surface area contributed by atoms with E-state index in [0.717, 1.165) is 0 Å². The van der Waals surface area contributed by atoms with Crippen molar-refractivity contribution < 1.29 is 4.92 Å². The summed E-state index contributed by atoms with van der Waals surface area (Å²) in [6.45, 7) is 0. The molecule has 0 fully saturated rings. The van der Waals surface area contributed by atoms with Crippen molar-refractivity contribution in [2.24, 2.45) is 0 Å². The molecule has 7 nitrogen and oxygen atoms in total. The monoisotopic (exact) mass is 205 g/mol. The molecule has 0 saturated heterocycles. The Morgan fingerprint density at radius 1 is 1.33 bits per heavy atom. The number of hydrogen-bond acceptors (Lipinski definition) is 5. The summed E-state index contributed by atoms with van der Waals surface area (Å²) < 4.78 is 0. The zero-order valence-electron chi connectivity index (χ0n) is 7.57. The second kappa shape index (κ2) is 3.74. The summed E-state index contributed by atoms with van der Waals surface area (Å²) in [7, 11) is 0. The van der Waals surface area contributed by atoms with Crippen LogP contribution in [0, 0.1) is 10.1 Å². The standard InChI is InChI=1S/C8H7N5O2/c14-13(15)8-3-1-7(2-4-8)11-12-6-9-5-10-12/h1-6,11H. The van der Waals surface area contributed by atoms with Gasteiger partial charge < -0.3 is 0 Å². The fourth-order valence-electron chi connectivity index (χ4n) is 1.06. The number of benzene rings is 1. The van der Waals surface area contributed by atoms with Gasteiger partial charge in [-0.1, -0.05) is 0 Å². The minimum atomic E-state index is -0.445. The molecule has 1 aromatic carbocycles. The molecule has 0 saturated carbocycles. The van der Waals surface area contributed by atoms with Gasteiger partial charge in [0, 0.05) is 12.1 Å². The summed E-state index contributed by atoms with van der Waals surface area (Å²) >= 11 is 0. The average molecular weight is 205 g/mol. The van der Waals surface area contributed by atoms with Crippen molar-refractivity contribution in [3.8, 4) is 0 Å². The predicted molar refractivity (Wildman–Crippen MR) is 52.1 cm³/mol. The van der Waals surface area contributed by atoms with Crippen molar-refractivity contribution in [2.75, 3.05) is 5.43 Å². The number of nitrogens with one attached hydrogen (secondary N) is 1. The Bertz CT molecular complexity index is 450. The van der Waals surface area contributed by atoms with Crippen LogP contribution in [0.2, 0.25) is 0 Å². The molecule has 1 heterocycles. The highest BCUT2D eigenvalue weighted by molar-refractivity contribution is 5.47. The quantitative estimate of drug-likeness (QED) is 0.598. The van der Waals surface area contributed by atoms with Crippen LogP contribution in [0.1, 0.15) is 0 Å². The summed E-state index contributed by atoms with van der Waals surface area (Å²) in [5.74, 6) is 0. The first-order valence-electron chi connectivity index (χ1n) is 4.12. The zero-order valence-corrected chi connectivity index (χ0v) is 7.57. The molecule has 76 valence electrons. The van der Waals surface area contributed by atoms with Crippen LogP contribution < -0.4 is 5.43 Å². The molecule has 0 spiro atoms. The molecule has 0 unspecified atom stereocenters. The predicted octanol–water partition coefficient (Wildman–Crippen LogP) is 1.06. The average Bonchev–Trinajstić information content (AvgIpc) is 2.71. The van der Waals surface area contributed by atoms with E-state index in [9.17, 15) is 10.1 Å². The van der Waals surface area contributed by atoms with Gasteiger partial charge >= 0.3 is 0 Å². The Labute approximate surface area is 84.5 Å². The van der Waals surface area contributed by atoms with Gasteiger partial charge in [-0.3, -0.25) is 15.5 Å². The van der Waals surface area contributed by atoms with Gasteiger partial charge in [-0.15, -0.1) is 5.10 Å². The molecule has 0 aliphatic heterocycles. The molecule has 0 atom stereocenters. The minimum absolute atomic E-state index is 0.0548. The third kappa shape index (κ3) is 2.08. The molecule has 0 bridgehead atoms. The third-order valence-electron chi connectivity index (χ3n) is 1.74. The van der Waals surface area contributed by atoms with Gasteiger partial charge in [-0.2, -0.15) is 4.79 Å². The molecular formula is C8H7N5O2. The lowest BCUT2D eigenvalue weighted by Gasteiger charge is -2.03. The highest BCUT2D eigenvalue weighted by Gasteiger charge is 2.03. The lowest BCUT2D eigenvalue weighted by molar-refractivity contribution is -0.384. The molecule has 0 aliphatic carbocycles. The number of nitrogens with zero attached hydrogens (tertiary/aromatic N) is 4. The van der Waals surface area contributed by atoms with Gasteiger partial charge in [0.15, 0.2) is 0 Å². The Kier molecular flexibility index (Phi) is 2.28. The third-order valence-corrected chi connectivity index (χ3v) is 1.74. The molecule has 0 amide bonds. The van der Waals surface area contributed by atoms with E-state index in [2.05, 4.69) is 15.5 Å². The SMILES string of the molecule is O=[N+]([O-])c1ccc(Nn2cncn2)cc1. The molecule has 0 aliphatic rings. The number of rotatable bonds is 3.